The van der Waals surface area contributed by atoms with Gasteiger partial charge in [0, 0.05) is 17.7 Å². The second-order valence-corrected chi connectivity index (χ2v) is 7.95. The second kappa shape index (κ2) is 7.06. The highest BCUT2D eigenvalue weighted by Gasteiger charge is 2.62. The molecule has 29 heavy (non-hydrogen) atoms. The lowest BCUT2D eigenvalue weighted by Gasteiger charge is -2.22. The van der Waals surface area contributed by atoms with Gasteiger partial charge < -0.3 is 4.74 Å². The van der Waals surface area contributed by atoms with Gasteiger partial charge in [-0.1, -0.05) is 12.1 Å². The Bertz CT molecular complexity index is 899. The number of amides is 2. The van der Waals surface area contributed by atoms with Crippen LogP contribution >= 0.6 is 0 Å². The summed E-state index contributed by atoms with van der Waals surface area (Å²) in [5.41, 5.74) is -0.205. The van der Waals surface area contributed by atoms with Crippen molar-refractivity contribution in [2.24, 2.45) is 23.7 Å². The van der Waals surface area contributed by atoms with E-state index in [0.717, 1.165) is 30.2 Å². The highest BCUT2D eigenvalue weighted by atomic mass is 16.6. The van der Waals surface area contributed by atoms with Gasteiger partial charge in [0.15, 0.2) is 6.61 Å². The van der Waals surface area contributed by atoms with Gasteiger partial charge in [0.25, 0.3) is 5.69 Å². The fourth-order valence-corrected chi connectivity index (χ4v) is 5.05. The molecule has 2 bridgehead atoms. The maximum atomic E-state index is 12.8. The molecule has 4 rings (SSSR count). The number of nitro benzene ring substituents is 1. The van der Waals surface area contributed by atoms with Crippen LogP contribution in [0.2, 0.25) is 0 Å². The van der Waals surface area contributed by atoms with Crippen LogP contribution in [0.3, 0.4) is 0 Å². The van der Waals surface area contributed by atoms with Crippen molar-refractivity contribution >= 4 is 29.3 Å². The first-order valence-electron chi connectivity index (χ1n) is 9.60. The van der Waals surface area contributed by atoms with Crippen LogP contribution < -0.4 is 0 Å². The molecule has 0 unspecified atom stereocenters. The van der Waals surface area contributed by atoms with Crippen LogP contribution in [-0.2, 0) is 19.1 Å². The second-order valence-electron chi connectivity index (χ2n) is 7.95. The maximum Gasteiger partial charge on any atom is 0.329 e. The van der Waals surface area contributed by atoms with Crippen molar-refractivity contribution in [3.63, 3.8) is 0 Å². The van der Waals surface area contributed by atoms with E-state index >= 15 is 0 Å². The lowest BCUT2D eigenvalue weighted by molar-refractivity contribution is -0.384. The third kappa shape index (κ3) is 3.10. The Balaban J connectivity index is 1.39. The number of fused-ring (bicyclic) bond motifs is 5. The molecule has 0 N–H and O–H groups in total. The van der Waals surface area contributed by atoms with E-state index in [1.54, 1.807) is 0 Å². The highest BCUT2D eigenvalue weighted by Crippen LogP contribution is 2.56. The zero-order valence-electron chi connectivity index (χ0n) is 15.8. The number of non-ortho nitro benzene ring substituents is 1. The van der Waals surface area contributed by atoms with Crippen molar-refractivity contribution in [2.45, 2.75) is 32.2 Å². The van der Waals surface area contributed by atoms with Crippen LogP contribution in [0.25, 0.3) is 0 Å². The van der Waals surface area contributed by atoms with Crippen molar-refractivity contribution in [2.75, 3.05) is 6.61 Å². The largest absolute Gasteiger partial charge is 0.456 e. The molecule has 1 saturated heterocycles. The average molecular weight is 400 g/mol. The van der Waals surface area contributed by atoms with Crippen molar-refractivity contribution in [3.8, 4) is 0 Å². The quantitative estimate of drug-likeness (QED) is 0.234. The van der Waals surface area contributed by atoms with Crippen molar-refractivity contribution in [1.29, 1.82) is 0 Å². The number of carbonyl (C=O) groups excluding carboxylic acids is 4. The first kappa shape index (κ1) is 19.2. The lowest BCUT2D eigenvalue weighted by atomic mass is 9.81. The minimum absolute atomic E-state index is 0.0408. The summed E-state index contributed by atoms with van der Waals surface area (Å²) in [6.07, 6.45) is 2.78. The van der Waals surface area contributed by atoms with Gasteiger partial charge in [-0.2, -0.15) is 0 Å². The molecule has 1 aromatic rings. The Morgan fingerprint density at radius 2 is 1.83 bits per heavy atom. The Morgan fingerprint density at radius 1 is 1.21 bits per heavy atom. The summed E-state index contributed by atoms with van der Waals surface area (Å²) < 4.78 is 5.02. The fourth-order valence-electron chi connectivity index (χ4n) is 5.05. The molecule has 5 atom stereocenters. The Labute approximate surface area is 166 Å². The predicted octanol–water partition coefficient (Wildman–Crippen LogP) is 1.74. The van der Waals surface area contributed by atoms with Crippen LogP contribution in [0.1, 0.15) is 36.5 Å². The van der Waals surface area contributed by atoms with E-state index in [1.165, 1.54) is 25.1 Å². The number of rotatable bonds is 6. The number of nitro groups is 1. The number of hydrogen-bond donors (Lipinski definition) is 0. The molecule has 1 aromatic carbocycles. The summed E-state index contributed by atoms with van der Waals surface area (Å²) in [5.74, 6) is -2.33. The minimum Gasteiger partial charge on any atom is -0.456 e. The average Bonchev–Trinajstić information content (AvgIpc) is 3.39. The zero-order chi connectivity index (χ0) is 20.9. The molecule has 1 aliphatic heterocycles. The molecule has 3 aliphatic rings. The molecule has 9 heteroatoms. The Kier molecular flexibility index (Phi) is 4.68. The molecule has 2 saturated carbocycles. The molecule has 0 spiro atoms. The normalized spacial score (nSPS) is 28.4. The van der Waals surface area contributed by atoms with E-state index < -0.39 is 29.3 Å². The SMILES string of the molecule is C[C@@H](C(=O)OCC(=O)c1cccc([N+](=O)[O-])c1)N1C(=O)[C@H]2[C@@H]3CC[C@@H](C3)[C@@H]2C1=O. The number of nitrogens with zero attached hydrogens (tertiary/aromatic N) is 2. The predicted molar refractivity (Wildman–Crippen MR) is 97.5 cm³/mol. The molecule has 1 heterocycles. The minimum atomic E-state index is -1.11. The summed E-state index contributed by atoms with van der Waals surface area (Å²) >= 11 is 0. The van der Waals surface area contributed by atoms with Gasteiger partial charge in [-0.3, -0.25) is 29.4 Å². The van der Waals surface area contributed by atoms with Crippen LogP contribution in [0.5, 0.6) is 0 Å². The summed E-state index contributed by atoms with van der Waals surface area (Å²) in [7, 11) is 0. The van der Waals surface area contributed by atoms with Crippen molar-refractivity contribution in [3.05, 3.63) is 39.9 Å². The molecule has 152 valence electrons. The number of Topliss-reactive ketones (excluding diaryl/α,β-unsaturated/α-hetero) is 1. The molecule has 9 nitrogen and oxygen atoms in total. The fraction of sp³-hybridized carbons (Fsp3) is 0.500. The van der Waals surface area contributed by atoms with E-state index in [9.17, 15) is 29.3 Å². The van der Waals surface area contributed by atoms with E-state index in [4.69, 9.17) is 4.74 Å². The maximum absolute atomic E-state index is 12.8. The Morgan fingerprint density at radius 3 is 2.41 bits per heavy atom. The smallest absolute Gasteiger partial charge is 0.329 e. The Hall–Kier alpha value is -3.10. The number of carbonyl (C=O) groups is 4. The van der Waals surface area contributed by atoms with Crippen LogP contribution in [-0.4, -0.2) is 46.0 Å². The van der Waals surface area contributed by atoms with Gasteiger partial charge >= 0.3 is 5.97 Å². The van der Waals surface area contributed by atoms with Crippen LogP contribution in [0, 0.1) is 33.8 Å². The van der Waals surface area contributed by atoms with E-state index in [1.807, 2.05) is 0 Å². The summed E-state index contributed by atoms with van der Waals surface area (Å²) in [6, 6.07) is 3.99. The highest BCUT2D eigenvalue weighted by molar-refractivity contribution is 6.08. The van der Waals surface area contributed by atoms with Crippen molar-refractivity contribution < 1.29 is 28.8 Å². The van der Waals surface area contributed by atoms with Gasteiger partial charge in [0.05, 0.1) is 16.8 Å². The standard InChI is InChI=1S/C20H20N2O7/c1-10(21-18(24)16-12-5-6-13(7-12)17(16)19(21)25)20(26)29-9-15(23)11-3-2-4-14(8-11)22(27)28/h2-4,8,10,12-13,16-17H,5-7,9H2,1H3/t10-,12-,13+,16-,17-/m0/s1. The summed E-state index contributed by atoms with van der Waals surface area (Å²) in [5, 5.41) is 10.8. The lowest BCUT2D eigenvalue weighted by Crippen LogP contribution is -2.45. The molecule has 3 fully saturated rings. The molecule has 2 aliphatic carbocycles. The molecule has 0 radical (unpaired) electrons. The van der Waals surface area contributed by atoms with E-state index in [2.05, 4.69) is 0 Å². The molecular formula is C20H20N2O7. The number of imide groups is 1. The van der Waals surface area contributed by atoms with Gasteiger partial charge in [-0.15, -0.1) is 0 Å². The van der Waals surface area contributed by atoms with Gasteiger partial charge in [-0.25, -0.2) is 4.79 Å². The molecule has 0 aromatic heterocycles. The third-order valence-corrected chi connectivity index (χ3v) is 6.41. The number of esters is 1. The summed E-state index contributed by atoms with van der Waals surface area (Å²) in [4.78, 5) is 61.3. The number of ether oxygens (including phenoxy) is 1. The summed E-state index contributed by atoms with van der Waals surface area (Å²) in [6.45, 7) is 0.789. The number of benzene rings is 1. The third-order valence-electron chi connectivity index (χ3n) is 6.41. The van der Waals surface area contributed by atoms with Crippen LogP contribution in [0.15, 0.2) is 24.3 Å². The topological polar surface area (TPSA) is 124 Å². The number of hydrogen-bond acceptors (Lipinski definition) is 7. The van der Waals surface area contributed by atoms with E-state index in [-0.39, 0.29) is 46.7 Å². The molecular weight excluding hydrogens is 380 g/mol. The van der Waals surface area contributed by atoms with Crippen LogP contribution in [0.4, 0.5) is 5.69 Å². The number of likely N-dealkylation sites (tertiary alicyclic amines) is 1. The number of ketones is 1. The monoisotopic (exact) mass is 400 g/mol. The van der Waals surface area contributed by atoms with Gasteiger partial charge in [-0.05, 0) is 38.0 Å². The molecule has 2 amide bonds. The zero-order valence-corrected chi connectivity index (χ0v) is 15.8. The van der Waals surface area contributed by atoms with E-state index in [0.29, 0.717) is 0 Å². The van der Waals surface area contributed by atoms with Gasteiger partial charge in [0.1, 0.15) is 6.04 Å². The van der Waals surface area contributed by atoms with Gasteiger partial charge in [0.2, 0.25) is 17.6 Å². The first-order valence-corrected chi connectivity index (χ1v) is 9.60. The first-order chi connectivity index (χ1) is 13.8. The van der Waals surface area contributed by atoms with Crippen molar-refractivity contribution in [1.82, 2.24) is 4.90 Å².